The van der Waals surface area contributed by atoms with E-state index in [1.165, 1.54) is 30.3 Å². The SMILES string of the molecule is CC(=O)OCc1c(O)ccc2c1Oc1c(C(C)C(=O)O)c(O)c(C(C)C(=O)O)c(C(=O)O)c1C21OC(=O)c2ccccc21. The smallest absolute Gasteiger partial charge is 0.340 e. The summed E-state index contributed by atoms with van der Waals surface area (Å²) < 4.78 is 17.3. The molecule has 0 amide bonds. The van der Waals surface area contributed by atoms with Crippen LogP contribution in [0.3, 0.4) is 0 Å². The Morgan fingerprint density at radius 2 is 1.51 bits per heavy atom. The van der Waals surface area contributed by atoms with Gasteiger partial charge in [0, 0.05) is 23.6 Å². The van der Waals surface area contributed by atoms with Gasteiger partial charge in [0.1, 0.15) is 29.6 Å². The van der Waals surface area contributed by atoms with Crippen LogP contribution >= 0.6 is 0 Å². The molecule has 1 spiro atoms. The normalized spacial score (nSPS) is 17.5. The van der Waals surface area contributed by atoms with Crippen molar-refractivity contribution in [1.29, 1.82) is 0 Å². The molecule has 2 heterocycles. The van der Waals surface area contributed by atoms with E-state index in [0.717, 1.165) is 20.8 Å². The number of esters is 2. The molecule has 3 aromatic carbocycles. The number of carboxylic acids is 3. The zero-order valence-electron chi connectivity index (χ0n) is 22.8. The Balaban J connectivity index is 2.06. The van der Waals surface area contributed by atoms with E-state index < -0.39 is 93.4 Å². The van der Waals surface area contributed by atoms with Crippen LogP contribution in [0.2, 0.25) is 0 Å². The molecular formula is C30H24O13. The van der Waals surface area contributed by atoms with E-state index in [2.05, 4.69) is 0 Å². The summed E-state index contributed by atoms with van der Waals surface area (Å²) in [6, 6.07) is 8.44. The highest BCUT2D eigenvalue weighted by molar-refractivity contribution is 6.02. The van der Waals surface area contributed by atoms with Crippen molar-refractivity contribution in [3.8, 4) is 23.0 Å². The van der Waals surface area contributed by atoms with Gasteiger partial charge in [-0.15, -0.1) is 0 Å². The summed E-state index contributed by atoms with van der Waals surface area (Å²) >= 11 is 0. The van der Waals surface area contributed by atoms with Gasteiger partial charge in [-0.2, -0.15) is 0 Å². The molecule has 5 rings (SSSR count). The minimum atomic E-state index is -2.20. The van der Waals surface area contributed by atoms with Crippen molar-refractivity contribution in [2.45, 2.75) is 44.8 Å². The summed E-state index contributed by atoms with van der Waals surface area (Å²) in [5.41, 5.74) is -4.59. The number of ether oxygens (including phenoxy) is 3. The minimum absolute atomic E-state index is 0.0148. The summed E-state index contributed by atoms with van der Waals surface area (Å²) in [6.45, 7) is 2.84. The lowest BCUT2D eigenvalue weighted by Gasteiger charge is -2.40. The van der Waals surface area contributed by atoms with Gasteiger partial charge in [-0.1, -0.05) is 18.2 Å². The number of phenolic OH excluding ortho intramolecular Hbond substituents is 2. The molecule has 0 saturated carbocycles. The number of carboxylic acid groups (broad SMARTS) is 3. The maximum atomic E-state index is 13.4. The molecule has 0 radical (unpaired) electrons. The van der Waals surface area contributed by atoms with Crippen molar-refractivity contribution in [2.24, 2.45) is 0 Å². The number of benzene rings is 3. The van der Waals surface area contributed by atoms with Crippen LogP contribution in [0.5, 0.6) is 23.0 Å². The fraction of sp³-hybridized carbons (Fsp3) is 0.233. The van der Waals surface area contributed by atoms with Crippen molar-refractivity contribution in [1.82, 2.24) is 0 Å². The van der Waals surface area contributed by atoms with Gasteiger partial charge in [0.15, 0.2) is 5.60 Å². The Morgan fingerprint density at radius 3 is 2.12 bits per heavy atom. The molecule has 0 saturated heterocycles. The molecule has 13 nitrogen and oxygen atoms in total. The highest BCUT2D eigenvalue weighted by atomic mass is 16.6. The lowest BCUT2D eigenvalue weighted by molar-refractivity contribution is -0.142. The number of aliphatic carboxylic acids is 2. The van der Waals surface area contributed by atoms with Crippen molar-refractivity contribution in [3.05, 3.63) is 80.9 Å². The van der Waals surface area contributed by atoms with Crippen molar-refractivity contribution in [2.75, 3.05) is 0 Å². The molecule has 3 atom stereocenters. The lowest BCUT2D eigenvalue weighted by Crippen LogP contribution is -2.37. The van der Waals surface area contributed by atoms with Crippen LogP contribution in [0.4, 0.5) is 0 Å². The van der Waals surface area contributed by atoms with E-state index >= 15 is 0 Å². The van der Waals surface area contributed by atoms with Crippen LogP contribution in [0.1, 0.15) is 86.7 Å². The Hall–Kier alpha value is -5.59. The van der Waals surface area contributed by atoms with Crippen LogP contribution in [-0.4, -0.2) is 55.4 Å². The first-order valence-electron chi connectivity index (χ1n) is 12.8. The molecule has 0 bridgehead atoms. The molecule has 13 heteroatoms. The van der Waals surface area contributed by atoms with E-state index in [9.17, 15) is 49.5 Å². The topological polar surface area (TPSA) is 214 Å². The van der Waals surface area contributed by atoms with E-state index in [1.807, 2.05) is 0 Å². The van der Waals surface area contributed by atoms with Gasteiger partial charge < -0.3 is 39.7 Å². The number of phenols is 2. The zero-order chi connectivity index (χ0) is 31.5. The second-order valence-electron chi connectivity index (χ2n) is 10.1. The second kappa shape index (κ2) is 10.0. The van der Waals surface area contributed by atoms with Crippen LogP contribution in [0, 0.1) is 0 Å². The third-order valence-corrected chi connectivity index (χ3v) is 7.69. The average molecular weight is 593 g/mol. The van der Waals surface area contributed by atoms with Crippen molar-refractivity contribution < 1.29 is 63.7 Å². The van der Waals surface area contributed by atoms with Gasteiger partial charge in [0.05, 0.1) is 39.7 Å². The molecule has 0 fully saturated rings. The maximum absolute atomic E-state index is 13.4. The van der Waals surface area contributed by atoms with Gasteiger partial charge in [-0.05, 0) is 32.0 Å². The minimum Gasteiger partial charge on any atom is -0.507 e. The average Bonchev–Trinajstić information content (AvgIpc) is 3.23. The van der Waals surface area contributed by atoms with E-state index in [4.69, 9.17) is 14.2 Å². The highest BCUT2D eigenvalue weighted by Gasteiger charge is 2.58. The molecule has 2 aliphatic rings. The third kappa shape index (κ3) is 4.11. The predicted octanol–water partition coefficient (Wildman–Crippen LogP) is 3.80. The number of hydrogen-bond acceptors (Lipinski definition) is 10. The van der Waals surface area contributed by atoms with Crippen LogP contribution in [0.25, 0.3) is 0 Å². The van der Waals surface area contributed by atoms with Crippen molar-refractivity contribution in [3.63, 3.8) is 0 Å². The van der Waals surface area contributed by atoms with Gasteiger partial charge in [-0.25, -0.2) is 9.59 Å². The molecular weight excluding hydrogens is 568 g/mol. The number of carbonyl (C=O) groups is 5. The largest absolute Gasteiger partial charge is 0.507 e. The quantitative estimate of drug-likeness (QED) is 0.247. The van der Waals surface area contributed by atoms with E-state index in [0.29, 0.717) is 0 Å². The summed E-state index contributed by atoms with van der Waals surface area (Å²) in [6.07, 6.45) is 0. The Morgan fingerprint density at radius 1 is 0.884 bits per heavy atom. The maximum Gasteiger partial charge on any atom is 0.340 e. The first kappa shape index (κ1) is 28.9. The molecule has 3 unspecified atom stereocenters. The number of fused-ring (bicyclic) bond motifs is 6. The Kier molecular flexibility index (Phi) is 6.76. The first-order chi connectivity index (χ1) is 20.2. The fourth-order valence-electron chi connectivity index (χ4n) is 5.65. The number of hydrogen-bond donors (Lipinski definition) is 5. The number of rotatable bonds is 7. The van der Waals surface area contributed by atoms with Crippen LogP contribution < -0.4 is 4.74 Å². The first-order valence-corrected chi connectivity index (χ1v) is 12.8. The lowest BCUT2D eigenvalue weighted by atomic mass is 9.71. The summed E-state index contributed by atoms with van der Waals surface area (Å²) in [5, 5.41) is 52.6. The van der Waals surface area contributed by atoms with E-state index in [1.54, 1.807) is 6.07 Å². The van der Waals surface area contributed by atoms with Gasteiger partial charge >= 0.3 is 29.8 Å². The number of aromatic hydroxyl groups is 2. The van der Waals surface area contributed by atoms with Crippen LogP contribution in [0.15, 0.2) is 36.4 Å². The summed E-state index contributed by atoms with van der Waals surface area (Å²) in [7, 11) is 0. The third-order valence-electron chi connectivity index (χ3n) is 7.69. The molecule has 0 aromatic heterocycles. The Bertz CT molecular complexity index is 1770. The van der Waals surface area contributed by atoms with Gasteiger partial charge in [0.25, 0.3) is 0 Å². The standard InChI is InChI=1S/C30H24O13/c1-11(26(34)35)19-21(28(38)39)22-25(20(23(19)33)12(2)27(36)37)42-24-15(10-41-13(3)31)18(32)9-8-17(24)30(22)16-7-5-4-6-14(16)29(40)43-30/h4-9,11-12,32-33H,10H2,1-3H3,(H,34,35)(H,36,37)(H,38,39). The monoisotopic (exact) mass is 592 g/mol. The highest BCUT2D eigenvalue weighted by Crippen LogP contribution is 2.62. The molecule has 222 valence electrons. The fourth-order valence-corrected chi connectivity index (χ4v) is 5.65. The molecule has 43 heavy (non-hydrogen) atoms. The van der Waals surface area contributed by atoms with Crippen LogP contribution in [-0.2, 0) is 36.1 Å². The zero-order valence-corrected chi connectivity index (χ0v) is 22.8. The molecule has 2 aliphatic heterocycles. The van der Waals surface area contributed by atoms with Gasteiger partial charge in [-0.3, -0.25) is 14.4 Å². The second-order valence-corrected chi connectivity index (χ2v) is 10.1. The molecule has 3 aromatic rings. The Labute approximate surface area is 242 Å². The summed E-state index contributed by atoms with van der Waals surface area (Å²) in [5.74, 6) is -11.8. The number of aromatic carboxylic acids is 1. The molecule has 0 aliphatic carbocycles. The summed E-state index contributed by atoms with van der Waals surface area (Å²) in [4.78, 5) is 62.5. The van der Waals surface area contributed by atoms with E-state index in [-0.39, 0.29) is 28.0 Å². The number of carbonyl (C=O) groups excluding carboxylic acids is 2. The van der Waals surface area contributed by atoms with Crippen molar-refractivity contribution >= 4 is 29.8 Å². The molecule has 5 N–H and O–H groups in total. The predicted molar refractivity (Wildman–Crippen MR) is 143 cm³/mol. The van der Waals surface area contributed by atoms with Gasteiger partial charge in [0.2, 0.25) is 0 Å².